The van der Waals surface area contributed by atoms with Crippen molar-refractivity contribution in [1.29, 1.82) is 0 Å². The SMILES string of the molecule is Cn1nccc1-c1cc(C(F)(F)F)ccc1[C@@H]1CCOc2cc(S(=O)(=O)Nc3ncc(F)cn3)ccc21.Cn1nccc1-c1cc(C(F)(F)F)ccc1[C@H]1CCOc2cc(S(=O)(=O)Nc3ncc(F)cn3)ccc21. The highest BCUT2D eigenvalue weighted by molar-refractivity contribution is 7.93. The molecule has 2 atom stereocenters. The van der Waals surface area contributed by atoms with Gasteiger partial charge in [-0.25, -0.2) is 55.0 Å². The van der Waals surface area contributed by atoms with Crippen LogP contribution in [0.15, 0.2) is 132 Å². The number of hydrogen-bond donors (Lipinski definition) is 2. The highest BCUT2D eigenvalue weighted by Gasteiger charge is 2.36. The van der Waals surface area contributed by atoms with Crippen LogP contribution in [-0.4, -0.2) is 69.5 Å². The van der Waals surface area contributed by atoms with Gasteiger partial charge in [-0.2, -0.15) is 36.5 Å². The number of nitrogens with one attached hydrogen (secondary N) is 2. The summed E-state index contributed by atoms with van der Waals surface area (Å²) in [4.78, 5) is 14.1. The molecule has 6 heterocycles. The predicted molar refractivity (Wildman–Crippen MR) is 250 cm³/mol. The molecule has 8 aromatic rings. The molecule has 0 unspecified atom stereocenters. The fraction of sp³-hybridized carbons (Fsp3) is 0.208. The van der Waals surface area contributed by atoms with E-state index in [1.165, 1.54) is 58.2 Å². The molecule has 384 valence electrons. The van der Waals surface area contributed by atoms with E-state index in [4.69, 9.17) is 9.47 Å². The second kappa shape index (κ2) is 19.8. The first-order chi connectivity index (χ1) is 35.1. The highest BCUT2D eigenvalue weighted by atomic mass is 32.2. The number of hydrogen-bond acceptors (Lipinski definition) is 12. The molecule has 0 saturated carbocycles. The van der Waals surface area contributed by atoms with Crippen molar-refractivity contribution in [2.75, 3.05) is 22.7 Å². The number of alkyl halides is 6. The van der Waals surface area contributed by atoms with Gasteiger partial charge in [-0.1, -0.05) is 24.3 Å². The van der Waals surface area contributed by atoms with Gasteiger partial charge in [-0.3, -0.25) is 9.36 Å². The summed E-state index contributed by atoms with van der Waals surface area (Å²) in [7, 11) is -4.96. The number of sulfonamides is 2. The molecule has 4 aromatic carbocycles. The second-order valence-corrected chi connectivity index (χ2v) is 20.1. The average Bonchev–Trinajstić information content (AvgIpc) is 4.01. The normalized spacial score (nSPS) is 15.6. The van der Waals surface area contributed by atoms with Crippen LogP contribution in [-0.2, 0) is 46.5 Å². The number of fused-ring (bicyclic) bond motifs is 2. The van der Waals surface area contributed by atoms with Crippen molar-refractivity contribution in [2.24, 2.45) is 14.1 Å². The van der Waals surface area contributed by atoms with Gasteiger partial charge in [-0.05, 0) is 72.5 Å². The van der Waals surface area contributed by atoms with Crippen LogP contribution in [0.4, 0.5) is 47.0 Å². The van der Waals surface area contributed by atoms with Crippen LogP contribution < -0.4 is 18.9 Å². The first-order valence-corrected chi connectivity index (χ1v) is 25.0. The van der Waals surface area contributed by atoms with Gasteiger partial charge >= 0.3 is 12.4 Å². The predicted octanol–water partition coefficient (Wildman–Crippen LogP) is 9.50. The Bertz CT molecular complexity index is 3380. The molecule has 0 saturated heterocycles. The fourth-order valence-corrected chi connectivity index (χ4v) is 10.5. The van der Waals surface area contributed by atoms with Gasteiger partial charge < -0.3 is 9.47 Å². The lowest BCUT2D eigenvalue weighted by atomic mass is 9.83. The van der Waals surface area contributed by atoms with Crippen LogP contribution in [0.1, 0.15) is 58.1 Å². The molecule has 0 spiro atoms. The topological polar surface area (TPSA) is 198 Å². The molecular weight excluding hydrogens is 1030 g/mol. The van der Waals surface area contributed by atoms with E-state index in [1.807, 2.05) is 0 Å². The Kier molecular flexibility index (Phi) is 13.6. The summed E-state index contributed by atoms with van der Waals surface area (Å²) in [5.74, 6) is -2.19. The van der Waals surface area contributed by atoms with Crippen LogP contribution in [0.2, 0.25) is 0 Å². The number of ether oxygens (including phenoxy) is 2. The van der Waals surface area contributed by atoms with E-state index in [0.717, 1.165) is 49.1 Å². The fourth-order valence-electron chi connectivity index (χ4n) is 8.60. The lowest BCUT2D eigenvalue weighted by Crippen LogP contribution is -2.19. The second-order valence-electron chi connectivity index (χ2n) is 16.7. The number of rotatable bonds is 10. The van der Waals surface area contributed by atoms with E-state index in [0.29, 0.717) is 57.6 Å². The minimum absolute atomic E-state index is 0.140. The molecule has 4 aromatic heterocycles. The first kappa shape index (κ1) is 50.9. The van der Waals surface area contributed by atoms with Crippen LogP contribution in [0.3, 0.4) is 0 Å². The summed E-state index contributed by atoms with van der Waals surface area (Å²) < 4.78 is 177. The smallest absolute Gasteiger partial charge is 0.416 e. The van der Waals surface area contributed by atoms with Gasteiger partial charge in [0, 0.05) is 72.7 Å². The lowest BCUT2D eigenvalue weighted by molar-refractivity contribution is -0.138. The molecule has 2 N–H and O–H groups in total. The molecule has 0 fully saturated rings. The Morgan fingerprint density at radius 2 is 0.892 bits per heavy atom. The molecule has 0 amide bonds. The third kappa shape index (κ3) is 10.7. The van der Waals surface area contributed by atoms with Gasteiger partial charge in [-0.15, -0.1) is 0 Å². The molecule has 2 aliphatic heterocycles. The summed E-state index contributed by atoms with van der Waals surface area (Å²) in [5, 5.41) is 8.20. The maximum absolute atomic E-state index is 13.5. The molecule has 0 radical (unpaired) electrons. The lowest BCUT2D eigenvalue weighted by Gasteiger charge is -2.28. The number of aromatic nitrogens is 8. The maximum atomic E-state index is 13.5. The summed E-state index contributed by atoms with van der Waals surface area (Å²) >= 11 is 0. The van der Waals surface area contributed by atoms with E-state index in [-0.39, 0.29) is 58.2 Å². The van der Waals surface area contributed by atoms with Crippen LogP contribution in [0.25, 0.3) is 22.5 Å². The van der Waals surface area contributed by atoms with Crippen molar-refractivity contribution in [2.45, 2.75) is 46.8 Å². The van der Waals surface area contributed by atoms with Gasteiger partial charge in [0.25, 0.3) is 20.0 Å². The third-order valence-electron chi connectivity index (χ3n) is 12.1. The summed E-state index contributed by atoms with van der Waals surface area (Å²) in [6, 6.07) is 19.0. The van der Waals surface area contributed by atoms with E-state index < -0.39 is 55.2 Å². The Hall–Kier alpha value is -8.00. The number of anilines is 2. The largest absolute Gasteiger partial charge is 0.493 e. The minimum atomic E-state index is -4.52. The number of halogens is 8. The molecule has 16 nitrogen and oxygen atoms in total. The van der Waals surface area contributed by atoms with Gasteiger partial charge in [0.2, 0.25) is 11.9 Å². The Morgan fingerprint density at radius 3 is 1.23 bits per heavy atom. The Labute approximate surface area is 416 Å². The number of nitrogens with zero attached hydrogens (tertiary/aromatic N) is 8. The standard InChI is InChI=1S/2C24H19F4N5O3S/c2*1-33-21(6-8-31-33)20-10-14(24(26,27)28)2-4-17(20)18-7-9-36-22-11-16(3-5-19(18)22)37(34,35)32-23-29-12-15(25)13-30-23/h2*2-6,8,10-13,18H,7,9H2,1H3,(H,29,30,32)/t2*18-/m10/s1. The summed E-state index contributed by atoms with van der Waals surface area (Å²) in [5.41, 5.74) is 2.74. The first-order valence-electron chi connectivity index (χ1n) is 22.0. The third-order valence-corrected chi connectivity index (χ3v) is 14.7. The van der Waals surface area contributed by atoms with Gasteiger partial charge in [0.15, 0.2) is 11.6 Å². The quantitative estimate of drug-likeness (QED) is 0.123. The van der Waals surface area contributed by atoms with Crippen molar-refractivity contribution in [1.82, 2.24) is 39.5 Å². The average molecular weight is 1070 g/mol. The Balaban J connectivity index is 0.000000182. The van der Waals surface area contributed by atoms with E-state index in [1.54, 1.807) is 38.4 Å². The van der Waals surface area contributed by atoms with Crippen LogP contribution >= 0.6 is 0 Å². The molecule has 26 heteroatoms. The summed E-state index contributed by atoms with van der Waals surface area (Å²) in [6.07, 6.45) is -1.78. The molecule has 10 rings (SSSR count). The monoisotopic (exact) mass is 1070 g/mol. The van der Waals surface area contributed by atoms with Crippen molar-refractivity contribution < 1.29 is 61.4 Å². The molecule has 0 bridgehead atoms. The van der Waals surface area contributed by atoms with E-state index >= 15 is 0 Å². The maximum Gasteiger partial charge on any atom is 0.416 e. The van der Waals surface area contributed by atoms with Gasteiger partial charge in [0.05, 0.1) is 70.3 Å². The van der Waals surface area contributed by atoms with Gasteiger partial charge in [0.1, 0.15) is 11.5 Å². The van der Waals surface area contributed by atoms with Crippen LogP contribution in [0, 0.1) is 11.6 Å². The summed E-state index contributed by atoms with van der Waals surface area (Å²) in [6.45, 7) is 0.447. The zero-order valence-electron chi connectivity index (χ0n) is 38.4. The molecule has 74 heavy (non-hydrogen) atoms. The zero-order valence-corrected chi connectivity index (χ0v) is 40.0. The molecular formula is C48H38F8N10O6S2. The Morgan fingerprint density at radius 1 is 0.527 bits per heavy atom. The van der Waals surface area contributed by atoms with Crippen LogP contribution in [0.5, 0.6) is 11.5 Å². The number of benzene rings is 4. The number of aryl methyl sites for hydroxylation is 2. The molecule has 2 aliphatic rings. The van der Waals surface area contributed by atoms with E-state index in [9.17, 15) is 52.0 Å². The van der Waals surface area contributed by atoms with Crippen molar-refractivity contribution in [3.63, 3.8) is 0 Å². The molecule has 0 aliphatic carbocycles. The zero-order chi connectivity index (χ0) is 52.7. The highest BCUT2D eigenvalue weighted by Crippen LogP contribution is 2.46. The minimum Gasteiger partial charge on any atom is -0.493 e. The van der Waals surface area contributed by atoms with Crippen molar-refractivity contribution >= 4 is 31.9 Å². The van der Waals surface area contributed by atoms with E-state index in [2.05, 4.69) is 39.6 Å². The van der Waals surface area contributed by atoms with Crippen molar-refractivity contribution in [3.8, 4) is 34.0 Å². The van der Waals surface area contributed by atoms with Crippen molar-refractivity contribution in [3.05, 3.63) is 167 Å².